The van der Waals surface area contributed by atoms with E-state index in [1.807, 2.05) is 37.1 Å². The molecule has 0 aliphatic heterocycles. The van der Waals surface area contributed by atoms with Crippen LogP contribution in [0.3, 0.4) is 0 Å². The fourth-order valence-corrected chi connectivity index (χ4v) is 2.42. The van der Waals surface area contributed by atoms with Crippen LogP contribution in [0.2, 0.25) is 0 Å². The maximum Gasteiger partial charge on any atom is 0.146 e. The number of hydrogen-bond acceptors (Lipinski definition) is 2. The van der Waals surface area contributed by atoms with Gasteiger partial charge in [-0.15, -0.1) is 0 Å². The maximum atomic E-state index is 14.2. The minimum Gasteiger partial charge on any atom is -0.368 e. The van der Waals surface area contributed by atoms with Crippen molar-refractivity contribution < 1.29 is 4.39 Å². The van der Waals surface area contributed by atoms with E-state index < -0.39 is 0 Å². The minimum absolute atomic E-state index is 0.194. The van der Waals surface area contributed by atoms with Crippen LogP contribution in [0.15, 0.2) is 42.5 Å². The zero-order valence-electron chi connectivity index (χ0n) is 12.2. The summed E-state index contributed by atoms with van der Waals surface area (Å²) in [4.78, 5) is 1.93. The van der Waals surface area contributed by atoms with Crippen molar-refractivity contribution in [3.05, 3.63) is 65.0 Å². The molecule has 1 atom stereocenters. The van der Waals surface area contributed by atoms with E-state index in [-0.39, 0.29) is 11.9 Å². The molecule has 3 heteroatoms. The van der Waals surface area contributed by atoms with E-state index in [9.17, 15) is 4.39 Å². The molecule has 0 fully saturated rings. The van der Waals surface area contributed by atoms with Gasteiger partial charge in [0.1, 0.15) is 5.82 Å². The first kappa shape index (κ1) is 14.5. The van der Waals surface area contributed by atoms with Gasteiger partial charge < -0.3 is 10.6 Å². The molecule has 0 heterocycles. The Morgan fingerprint density at radius 2 is 1.85 bits per heavy atom. The van der Waals surface area contributed by atoms with Crippen LogP contribution in [0, 0.1) is 12.7 Å². The molecule has 2 aromatic rings. The molecule has 2 aromatic carbocycles. The standard InChI is InChI=1S/C17H21FN2/c1-12-7-4-5-8-14(12)11-20(3)17-15(13(2)19)9-6-10-16(17)18/h4-10,13H,11,19H2,1-3H3. The third-order valence-corrected chi connectivity index (χ3v) is 3.56. The Kier molecular flexibility index (Phi) is 4.40. The zero-order chi connectivity index (χ0) is 14.7. The Morgan fingerprint density at radius 1 is 1.15 bits per heavy atom. The fraction of sp³-hybridized carbons (Fsp3) is 0.294. The van der Waals surface area contributed by atoms with Gasteiger partial charge in [0, 0.05) is 19.6 Å². The molecule has 106 valence electrons. The summed E-state index contributed by atoms with van der Waals surface area (Å²) in [6.45, 7) is 4.60. The van der Waals surface area contributed by atoms with Crippen LogP contribution in [0.4, 0.5) is 10.1 Å². The summed E-state index contributed by atoms with van der Waals surface area (Å²) in [6.07, 6.45) is 0. The highest BCUT2D eigenvalue weighted by molar-refractivity contribution is 5.56. The van der Waals surface area contributed by atoms with Crippen LogP contribution in [-0.4, -0.2) is 7.05 Å². The number of rotatable bonds is 4. The second kappa shape index (κ2) is 6.06. The third-order valence-electron chi connectivity index (χ3n) is 3.56. The number of halogens is 1. The third kappa shape index (κ3) is 2.99. The normalized spacial score (nSPS) is 12.2. The van der Waals surface area contributed by atoms with Gasteiger partial charge >= 0.3 is 0 Å². The molecular formula is C17H21FN2. The van der Waals surface area contributed by atoms with E-state index in [1.54, 1.807) is 6.07 Å². The maximum absolute atomic E-state index is 14.2. The molecule has 20 heavy (non-hydrogen) atoms. The lowest BCUT2D eigenvalue weighted by atomic mass is 10.0. The Bertz CT molecular complexity index is 593. The molecule has 0 bridgehead atoms. The van der Waals surface area contributed by atoms with Gasteiger partial charge in [0.2, 0.25) is 0 Å². The molecule has 2 rings (SSSR count). The highest BCUT2D eigenvalue weighted by Crippen LogP contribution is 2.29. The van der Waals surface area contributed by atoms with E-state index >= 15 is 0 Å². The number of benzene rings is 2. The van der Waals surface area contributed by atoms with Gasteiger partial charge in [0.15, 0.2) is 0 Å². The topological polar surface area (TPSA) is 29.3 Å². The second-order valence-corrected chi connectivity index (χ2v) is 5.25. The highest BCUT2D eigenvalue weighted by Gasteiger charge is 2.16. The van der Waals surface area contributed by atoms with Crippen LogP contribution >= 0.6 is 0 Å². The number of anilines is 1. The summed E-state index contributed by atoms with van der Waals surface area (Å²) < 4.78 is 14.2. The fourth-order valence-electron chi connectivity index (χ4n) is 2.42. The van der Waals surface area contributed by atoms with Gasteiger partial charge in [0.25, 0.3) is 0 Å². The lowest BCUT2D eigenvalue weighted by Crippen LogP contribution is -2.22. The zero-order valence-corrected chi connectivity index (χ0v) is 12.2. The molecular weight excluding hydrogens is 251 g/mol. The van der Waals surface area contributed by atoms with Crippen molar-refractivity contribution in [1.82, 2.24) is 0 Å². The number of para-hydroxylation sites is 1. The predicted octanol–water partition coefficient (Wildman–Crippen LogP) is 3.79. The van der Waals surface area contributed by atoms with E-state index in [0.717, 1.165) is 5.56 Å². The predicted molar refractivity (Wildman–Crippen MR) is 82.3 cm³/mol. The van der Waals surface area contributed by atoms with Crippen molar-refractivity contribution in [3.63, 3.8) is 0 Å². The Balaban J connectivity index is 2.34. The van der Waals surface area contributed by atoms with Crippen molar-refractivity contribution in [1.29, 1.82) is 0 Å². The molecule has 0 saturated heterocycles. The lowest BCUT2D eigenvalue weighted by molar-refractivity contribution is 0.616. The van der Waals surface area contributed by atoms with E-state index in [0.29, 0.717) is 12.2 Å². The summed E-state index contributed by atoms with van der Waals surface area (Å²) >= 11 is 0. The van der Waals surface area contributed by atoms with Crippen LogP contribution < -0.4 is 10.6 Å². The van der Waals surface area contributed by atoms with Crippen molar-refractivity contribution in [2.24, 2.45) is 5.73 Å². The molecule has 0 spiro atoms. The molecule has 1 unspecified atom stereocenters. The van der Waals surface area contributed by atoms with Crippen molar-refractivity contribution in [2.75, 3.05) is 11.9 Å². The van der Waals surface area contributed by atoms with Crippen LogP contribution in [0.1, 0.15) is 29.7 Å². The van der Waals surface area contributed by atoms with Crippen LogP contribution in [0.25, 0.3) is 0 Å². The first-order valence-corrected chi connectivity index (χ1v) is 6.80. The van der Waals surface area contributed by atoms with Gasteiger partial charge in [-0.25, -0.2) is 4.39 Å². The summed E-state index contributed by atoms with van der Waals surface area (Å²) in [5.41, 5.74) is 9.77. The first-order chi connectivity index (χ1) is 9.50. The average Bonchev–Trinajstić information content (AvgIpc) is 2.40. The van der Waals surface area contributed by atoms with Crippen molar-refractivity contribution in [3.8, 4) is 0 Å². The monoisotopic (exact) mass is 272 g/mol. The van der Waals surface area contributed by atoms with Gasteiger partial charge in [-0.05, 0) is 36.6 Å². The SMILES string of the molecule is Cc1ccccc1CN(C)c1c(F)cccc1C(C)N. The smallest absolute Gasteiger partial charge is 0.146 e. The number of aryl methyl sites for hydroxylation is 1. The minimum atomic E-state index is -0.226. The Labute approximate surface area is 120 Å². The number of nitrogens with two attached hydrogens (primary N) is 1. The quantitative estimate of drug-likeness (QED) is 0.917. The summed E-state index contributed by atoms with van der Waals surface area (Å²) in [6, 6.07) is 13.0. The van der Waals surface area contributed by atoms with Crippen molar-refractivity contribution >= 4 is 5.69 Å². The molecule has 2 nitrogen and oxygen atoms in total. The van der Waals surface area contributed by atoms with Gasteiger partial charge in [-0.2, -0.15) is 0 Å². The van der Waals surface area contributed by atoms with Gasteiger partial charge in [0.05, 0.1) is 5.69 Å². The number of nitrogens with zero attached hydrogens (tertiary/aromatic N) is 1. The molecule has 0 amide bonds. The number of hydrogen-bond donors (Lipinski definition) is 1. The summed E-state index contributed by atoms with van der Waals surface area (Å²) in [5, 5.41) is 0. The molecule has 0 radical (unpaired) electrons. The molecule has 0 aromatic heterocycles. The summed E-state index contributed by atoms with van der Waals surface area (Å²) in [5.74, 6) is -0.226. The van der Waals surface area contributed by atoms with Crippen molar-refractivity contribution in [2.45, 2.75) is 26.4 Å². The highest BCUT2D eigenvalue weighted by atomic mass is 19.1. The van der Waals surface area contributed by atoms with Crippen LogP contribution in [-0.2, 0) is 6.54 Å². The van der Waals surface area contributed by atoms with Gasteiger partial charge in [-0.3, -0.25) is 0 Å². The molecule has 2 N–H and O–H groups in total. The second-order valence-electron chi connectivity index (χ2n) is 5.25. The molecule has 0 aliphatic carbocycles. The van der Waals surface area contributed by atoms with E-state index in [4.69, 9.17) is 5.73 Å². The summed E-state index contributed by atoms with van der Waals surface area (Å²) in [7, 11) is 1.90. The molecule has 0 aliphatic rings. The Morgan fingerprint density at radius 3 is 2.50 bits per heavy atom. The van der Waals surface area contributed by atoms with Crippen LogP contribution in [0.5, 0.6) is 0 Å². The lowest BCUT2D eigenvalue weighted by Gasteiger charge is -2.25. The van der Waals surface area contributed by atoms with Gasteiger partial charge in [-0.1, -0.05) is 36.4 Å². The molecule has 0 saturated carbocycles. The van der Waals surface area contributed by atoms with E-state index in [1.165, 1.54) is 17.2 Å². The average molecular weight is 272 g/mol. The largest absolute Gasteiger partial charge is 0.368 e. The van der Waals surface area contributed by atoms with E-state index in [2.05, 4.69) is 19.1 Å². The Hall–Kier alpha value is -1.87. The first-order valence-electron chi connectivity index (χ1n) is 6.80.